The molecule has 1 atom stereocenters. The Kier molecular flexibility index (Phi) is 5.03. The summed E-state index contributed by atoms with van der Waals surface area (Å²) >= 11 is 0. The molecule has 0 fully saturated rings. The van der Waals surface area contributed by atoms with Crippen molar-refractivity contribution in [1.29, 1.82) is 0 Å². The smallest absolute Gasteiger partial charge is 0.321 e. The normalized spacial score (nSPS) is 12.1. The number of rotatable bonds is 6. The van der Waals surface area contributed by atoms with Gasteiger partial charge in [-0.1, -0.05) is 19.1 Å². The van der Waals surface area contributed by atoms with Crippen LogP contribution >= 0.6 is 0 Å². The maximum Gasteiger partial charge on any atom is 0.321 e. The van der Waals surface area contributed by atoms with Crippen LogP contribution in [0.4, 0.5) is 4.39 Å². The van der Waals surface area contributed by atoms with Gasteiger partial charge in [0.15, 0.2) is 5.82 Å². The number of hydrogen-bond donors (Lipinski definition) is 0. The maximum absolute atomic E-state index is 13.5. The Balaban J connectivity index is 2.45. The molecule has 2 rings (SSSR count). The van der Waals surface area contributed by atoms with E-state index in [0.717, 1.165) is 6.42 Å². The molecule has 0 saturated heterocycles. The summed E-state index contributed by atoms with van der Waals surface area (Å²) in [7, 11) is 0. The molecule has 0 aliphatic heterocycles. The third-order valence-electron chi connectivity index (χ3n) is 3.07. The van der Waals surface area contributed by atoms with Gasteiger partial charge < -0.3 is 9.30 Å². The zero-order chi connectivity index (χ0) is 15.2. The molecule has 0 aliphatic rings. The highest BCUT2D eigenvalue weighted by Gasteiger charge is 2.29. The van der Waals surface area contributed by atoms with E-state index >= 15 is 0 Å². The molecule has 6 heteroatoms. The van der Waals surface area contributed by atoms with Gasteiger partial charge in [0.05, 0.1) is 6.61 Å². The lowest BCUT2D eigenvalue weighted by Gasteiger charge is -2.16. The van der Waals surface area contributed by atoms with E-state index in [1.165, 1.54) is 12.1 Å². The van der Waals surface area contributed by atoms with E-state index in [-0.39, 0.29) is 6.61 Å². The second-order valence-electron chi connectivity index (χ2n) is 4.62. The molecule has 0 saturated carbocycles. The fourth-order valence-electron chi connectivity index (χ4n) is 2.20. The Bertz CT molecular complexity index is 612. The minimum atomic E-state index is -0.769. The van der Waals surface area contributed by atoms with E-state index in [0.29, 0.717) is 17.9 Å². The minimum Gasteiger partial charge on any atom is -0.465 e. The standard InChI is InChI=1S/C15H18FN3O2/c1-3-8-19-10-17-18-14(19)13(15(20)21-4-2)11-6-5-7-12(16)9-11/h5-7,9-10,13H,3-4,8H2,1-2H3. The first-order chi connectivity index (χ1) is 10.2. The Morgan fingerprint density at radius 3 is 2.90 bits per heavy atom. The van der Waals surface area contributed by atoms with Crippen molar-refractivity contribution in [3.63, 3.8) is 0 Å². The summed E-state index contributed by atoms with van der Waals surface area (Å²) < 4.78 is 20.4. The van der Waals surface area contributed by atoms with Gasteiger partial charge in [0, 0.05) is 6.54 Å². The highest BCUT2D eigenvalue weighted by molar-refractivity contribution is 5.81. The van der Waals surface area contributed by atoms with Crippen molar-refractivity contribution in [1.82, 2.24) is 14.8 Å². The molecule has 1 unspecified atom stereocenters. The predicted octanol–water partition coefficient (Wildman–Crippen LogP) is 2.52. The van der Waals surface area contributed by atoms with Crippen LogP contribution in [0.25, 0.3) is 0 Å². The van der Waals surface area contributed by atoms with E-state index in [9.17, 15) is 9.18 Å². The van der Waals surface area contributed by atoms with E-state index in [1.807, 2.05) is 6.92 Å². The molecule has 0 spiro atoms. The van der Waals surface area contributed by atoms with Crippen LogP contribution < -0.4 is 0 Å². The number of carbonyl (C=O) groups is 1. The number of aryl methyl sites for hydroxylation is 1. The summed E-state index contributed by atoms with van der Waals surface area (Å²) in [5.41, 5.74) is 0.513. The van der Waals surface area contributed by atoms with E-state index < -0.39 is 17.7 Å². The molecule has 0 N–H and O–H groups in total. The van der Waals surface area contributed by atoms with Crippen LogP contribution in [0.2, 0.25) is 0 Å². The third-order valence-corrected chi connectivity index (χ3v) is 3.07. The van der Waals surface area contributed by atoms with Crippen molar-refractivity contribution in [2.75, 3.05) is 6.61 Å². The topological polar surface area (TPSA) is 57.0 Å². The molecule has 0 radical (unpaired) electrons. The van der Waals surface area contributed by atoms with Crippen LogP contribution in [0.15, 0.2) is 30.6 Å². The number of benzene rings is 1. The van der Waals surface area contributed by atoms with Gasteiger partial charge in [0.25, 0.3) is 0 Å². The first-order valence-corrected chi connectivity index (χ1v) is 6.97. The third kappa shape index (κ3) is 3.45. The SMILES string of the molecule is CCCn1cnnc1C(C(=O)OCC)c1cccc(F)c1. The molecular weight excluding hydrogens is 273 g/mol. The Hall–Kier alpha value is -2.24. The van der Waals surface area contributed by atoms with Gasteiger partial charge >= 0.3 is 5.97 Å². The van der Waals surface area contributed by atoms with Crippen LogP contribution in [0.1, 0.15) is 37.6 Å². The molecule has 0 amide bonds. The summed E-state index contributed by atoms with van der Waals surface area (Å²) in [6.45, 7) is 4.70. The second-order valence-corrected chi connectivity index (χ2v) is 4.62. The van der Waals surface area contributed by atoms with Crippen molar-refractivity contribution < 1.29 is 13.9 Å². The number of hydrogen-bond acceptors (Lipinski definition) is 4. The van der Waals surface area contributed by atoms with Gasteiger partial charge in [-0.3, -0.25) is 4.79 Å². The van der Waals surface area contributed by atoms with Crippen molar-refractivity contribution in [2.45, 2.75) is 32.7 Å². The van der Waals surface area contributed by atoms with Crippen LogP contribution in [-0.4, -0.2) is 27.3 Å². The second kappa shape index (κ2) is 6.97. The quantitative estimate of drug-likeness (QED) is 0.767. The molecule has 1 aromatic carbocycles. The summed E-state index contributed by atoms with van der Waals surface area (Å²) in [6, 6.07) is 5.92. The average Bonchev–Trinajstić information content (AvgIpc) is 2.88. The summed E-state index contributed by atoms with van der Waals surface area (Å²) in [5, 5.41) is 7.90. The number of ether oxygens (including phenoxy) is 1. The highest BCUT2D eigenvalue weighted by atomic mass is 19.1. The molecule has 5 nitrogen and oxygen atoms in total. The maximum atomic E-state index is 13.5. The predicted molar refractivity (Wildman–Crippen MR) is 75.2 cm³/mol. The Labute approximate surface area is 122 Å². The molecule has 0 bridgehead atoms. The lowest BCUT2D eigenvalue weighted by Crippen LogP contribution is -2.21. The van der Waals surface area contributed by atoms with Crippen LogP contribution in [0.5, 0.6) is 0 Å². The molecule has 1 aromatic heterocycles. The summed E-state index contributed by atoms with van der Waals surface area (Å²) in [5.74, 6) is -1.15. The molecule has 21 heavy (non-hydrogen) atoms. The zero-order valence-electron chi connectivity index (χ0n) is 12.1. The van der Waals surface area contributed by atoms with Gasteiger partial charge in [-0.05, 0) is 31.0 Å². The molecule has 2 aromatic rings. The lowest BCUT2D eigenvalue weighted by molar-refractivity contribution is -0.144. The van der Waals surface area contributed by atoms with E-state index in [1.54, 1.807) is 30.0 Å². The van der Waals surface area contributed by atoms with Crippen molar-refractivity contribution in [3.05, 3.63) is 47.8 Å². The first kappa shape index (κ1) is 15.2. The molecular formula is C15H18FN3O2. The summed E-state index contributed by atoms with van der Waals surface area (Å²) in [4.78, 5) is 12.3. The number of aromatic nitrogens is 3. The Morgan fingerprint density at radius 1 is 1.43 bits per heavy atom. The van der Waals surface area contributed by atoms with Crippen molar-refractivity contribution in [2.24, 2.45) is 0 Å². The molecule has 0 aliphatic carbocycles. The molecule has 112 valence electrons. The van der Waals surface area contributed by atoms with Gasteiger partial charge in [-0.25, -0.2) is 4.39 Å². The number of nitrogens with zero attached hydrogens (tertiary/aromatic N) is 3. The number of carbonyl (C=O) groups excluding carboxylic acids is 1. The van der Waals surface area contributed by atoms with Crippen LogP contribution in [0.3, 0.4) is 0 Å². The minimum absolute atomic E-state index is 0.257. The highest BCUT2D eigenvalue weighted by Crippen LogP contribution is 2.25. The fraction of sp³-hybridized carbons (Fsp3) is 0.400. The number of halogens is 1. The number of esters is 1. The average molecular weight is 291 g/mol. The van der Waals surface area contributed by atoms with Gasteiger partial charge in [0.2, 0.25) is 0 Å². The summed E-state index contributed by atoms with van der Waals surface area (Å²) in [6.07, 6.45) is 2.45. The van der Waals surface area contributed by atoms with E-state index in [2.05, 4.69) is 10.2 Å². The zero-order valence-corrected chi connectivity index (χ0v) is 12.1. The van der Waals surface area contributed by atoms with E-state index in [4.69, 9.17) is 4.74 Å². The molecule has 1 heterocycles. The fourth-order valence-corrected chi connectivity index (χ4v) is 2.20. The first-order valence-electron chi connectivity index (χ1n) is 6.97. The Morgan fingerprint density at radius 2 is 2.24 bits per heavy atom. The van der Waals surface area contributed by atoms with Gasteiger partial charge in [-0.15, -0.1) is 10.2 Å². The van der Waals surface area contributed by atoms with Crippen LogP contribution in [0, 0.1) is 5.82 Å². The van der Waals surface area contributed by atoms with Crippen molar-refractivity contribution in [3.8, 4) is 0 Å². The lowest BCUT2D eigenvalue weighted by atomic mass is 9.98. The van der Waals surface area contributed by atoms with Crippen molar-refractivity contribution >= 4 is 5.97 Å². The monoisotopic (exact) mass is 291 g/mol. The van der Waals surface area contributed by atoms with Gasteiger partial charge in [0.1, 0.15) is 18.1 Å². The largest absolute Gasteiger partial charge is 0.465 e. The van der Waals surface area contributed by atoms with Gasteiger partial charge in [-0.2, -0.15) is 0 Å². The van der Waals surface area contributed by atoms with Crippen LogP contribution in [-0.2, 0) is 16.1 Å².